The Bertz CT molecular complexity index is 309. The Morgan fingerprint density at radius 2 is 1.44 bits per heavy atom. The van der Waals surface area contributed by atoms with Crippen LogP contribution in [0.15, 0.2) is 23.9 Å². The number of ether oxygens (including phenoxy) is 1. The van der Waals surface area contributed by atoms with Gasteiger partial charge in [0.25, 0.3) is 5.95 Å². The van der Waals surface area contributed by atoms with E-state index in [2.05, 4.69) is 52.3 Å². The molecule has 0 bridgehead atoms. The van der Waals surface area contributed by atoms with Crippen molar-refractivity contribution in [3.8, 4) is 0 Å². The van der Waals surface area contributed by atoms with Gasteiger partial charge in [0, 0.05) is 0 Å². The molecule has 5 heteroatoms. The highest BCUT2D eigenvalue weighted by molar-refractivity contribution is 6.70. The largest absolute Gasteiger partial charge is 0.544 e. The first-order valence-corrected chi connectivity index (χ1v) is 13.2. The van der Waals surface area contributed by atoms with Gasteiger partial charge in [0.1, 0.15) is 5.76 Å². The fourth-order valence-corrected chi connectivity index (χ4v) is 2.83. The van der Waals surface area contributed by atoms with Gasteiger partial charge in [-0.2, -0.15) is 0 Å². The molecule has 0 saturated carbocycles. The summed E-state index contributed by atoms with van der Waals surface area (Å²) in [5, 5.41) is 0. The molecular formula is C13H28O3Si2. The lowest BCUT2D eigenvalue weighted by Gasteiger charge is -2.23. The molecule has 0 aromatic heterocycles. The van der Waals surface area contributed by atoms with Crippen LogP contribution in [0.1, 0.15) is 13.3 Å². The number of methoxy groups -OCH3 is 1. The van der Waals surface area contributed by atoms with Gasteiger partial charge in [-0.3, -0.25) is 0 Å². The Labute approximate surface area is 114 Å². The number of hydrogen-bond acceptors (Lipinski definition) is 3. The second-order valence-electron chi connectivity index (χ2n) is 6.11. The van der Waals surface area contributed by atoms with Crippen LogP contribution in [-0.4, -0.2) is 23.7 Å². The second kappa shape index (κ2) is 7.04. The molecule has 18 heavy (non-hydrogen) atoms. The van der Waals surface area contributed by atoms with Gasteiger partial charge in [-0.1, -0.05) is 6.92 Å². The predicted molar refractivity (Wildman–Crippen MR) is 82.3 cm³/mol. The van der Waals surface area contributed by atoms with Crippen LogP contribution >= 0.6 is 0 Å². The van der Waals surface area contributed by atoms with E-state index in [1.165, 1.54) is 0 Å². The summed E-state index contributed by atoms with van der Waals surface area (Å²) < 4.78 is 17.1. The Hall–Kier alpha value is -0.686. The van der Waals surface area contributed by atoms with Gasteiger partial charge >= 0.3 is 0 Å². The molecule has 0 aromatic carbocycles. The van der Waals surface area contributed by atoms with Crippen molar-refractivity contribution >= 4 is 16.6 Å². The molecule has 0 fully saturated rings. The van der Waals surface area contributed by atoms with E-state index in [1.807, 2.05) is 6.08 Å². The quantitative estimate of drug-likeness (QED) is 0.393. The molecule has 0 aromatic rings. The molecule has 106 valence electrons. The molecule has 3 nitrogen and oxygen atoms in total. The Balaban J connectivity index is 4.96. The Morgan fingerprint density at radius 3 is 1.78 bits per heavy atom. The van der Waals surface area contributed by atoms with E-state index in [1.54, 1.807) is 7.11 Å². The topological polar surface area (TPSA) is 27.7 Å². The third-order valence-corrected chi connectivity index (χ3v) is 3.36. The van der Waals surface area contributed by atoms with Crippen LogP contribution < -0.4 is 0 Å². The Morgan fingerprint density at radius 1 is 0.944 bits per heavy atom. The van der Waals surface area contributed by atoms with Crippen LogP contribution in [0.25, 0.3) is 0 Å². The lowest BCUT2D eigenvalue weighted by Crippen LogP contribution is -2.26. The van der Waals surface area contributed by atoms with Crippen molar-refractivity contribution in [3.05, 3.63) is 23.9 Å². The van der Waals surface area contributed by atoms with Crippen molar-refractivity contribution in [2.45, 2.75) is 52.6 Å². The van der Waals surface area contributed by atoms with Crippen molar-refractivity contribution in [2.75, 3.05) is 7.11 Å². The zero-order valence-electron chi connectivity index (χ0n) is 13.1. The lowest BCUT2D eigenvalue weighted by atomic mass is 10.4. The summed E-state index contributed by atoms with van der Waals surface area (Å²) in [7, 11) is -1.63. The van der Waals surface area contributed by atoms with Crippen molar-refractivity contribution in [1.29, 1.82) is 0 Å². The maximum Gasteiger partial charge on any atom is 0.268 e. The zero-order chi connectivity index (χ0) is 14.4. The van der Waals surface area contributed by atoms with E-state index in [4.69, 9.17) is 13.6 Å². The van der Waals surface area contributed by atoms with Gasteiger partial charge in [-0.05, 0) is 51.8 Å². The minimum absolute atomic E-state index is 0.548. The van der Waals surface area contributed by atoms with E-state index in [-0.39, 0.29) is 0 Å². The summed E-state index contributed by atoms with van der Waals surface area (Å²) in [4.78, 5) is 0. The van der Waals surface area contributed by atoms with Crippen LogP contribution in [0.3, 0.4) is 0 Å². The molecule has 0 unspecified atom stereocenters. The van der Waals surface area contributed by atoms with Gasteiger partial charge in [0.05, 0.1) is 13.2 Å². The molecule has 0 aliphatic heterocycles. The van der Waals surface area contributed by atoms with Crippen LogP contribution in [-0.2, 0) is 13.6 Å². The molecule has 0 aliphatic carbocycles. The van der Waals surface area contributed by atoms with Gasteiger partial charge in [0.15, 0.2) is 0 Å². The van der Waals surface area contributed by atoms with Crippen LogP contribution in [0.4, 0.5) is 0 Å². The average Bonchev–Trinajstić information content (AvgIpc) is 2.12. The maximum absolute atomic E-state index is 6.00. The van der Waals surface area contributed by atoms with E-state index in [0.717, 1.165) is 12.2 Å². The molecule has 0 aliphatic rings. The molecule has 0 amide bonds. The number of rotatable bonds is 7. The minimum Gasteiger partial charge on any atom is -0.544 e. The van der Waals surface area contributed by atoms with Crippen molar-refractivity contribution in [3.63, 3.8) is 0 Å². The molecule has 0 rings (SSSR count). The smallest absolute Gasteiger partial charge is 0.268 e. The summed E-state index contributed by atoms with van der Waals surface area (Å²) in [5.41, 5.74) is 0. The van der Waals surface area contributed by atoms with Crippen LogP contribution in [0.5, 0.6) is 0 Å². The first-order chi connectivity index (χ1) is 8.07. The fourth-order valence-electron chi connectivity index (χ4n) is 1.23. The van der Waals surface area contributed by atoms with E-state index in [9.17, 15) is 0 Å². The normalized spacial score (nSPS) is 14.4. The van der Waals surface area contributed by atoms with E-state index in [0.29, 0.717) is 5.95 Å². The second-order valence-corrected chi connectivity index (χ2v) is 15.0. The average molecular weight is 289 g/mol. The van der Waals surface area contributed by atoms with E-state index >= 15 is 0 Å². The van der Waals surface area contributed by atoms with Crippen molar-refractivity contribution < 1.29 is 13.6 Å². The van der Waals surface area contributed by atoms with Crippen LogP contribution in [0.2, 0.25) is 39.3 Å². The summed E-state index contributed by atoms with van der Waals surface area (Å²) in [5.74, 6) is 1.40. The number of hydrogen-bond donors (Lipinski definition) is 0. The van der Waals surface area contributed by atoms with Gasteiger partial charge in [-0.15, -0.1) is 0 Å². The van der Waals surface area contributed by atoms with Gasteiger partial charge in [0.2, 0.25) is 16.6 Å². The summed E-state index contributed by atoms with van der Waals surface area (Å²) in [6.45, 7) is 15.0. The molecule has 0 N–H and O–H groups in total. The maximum atomic E-state index is 6.00. The highest BCUT2D eigenvalue weighted by Gasteiger charge is 2.20. The van der Waals surface area contributed by atoms with E-state index < -0.39 is 16.6 Å². The summed E-state index contributed by atoms with van der Waals surface area (Å²) >= 11 is 0. The fraction of sp³-hybridized carbons (Fsp3) is 0.692. The minimum atomic E-state index is -1.65. The molecule has 0 spiro atoms. The first kappa shape index (κ1) is 17.3. The molecule has 0 radical (unpaired) electrons. The standard InChI is InChI=1S/C13H28O3Si2/c1-9-10-12(15-17(3,4)5)11-13(14-2)16-18(6,7)8/h10-11H,9H2,1-8H3/b12-10-,13-11+. The SMILES string of the molecule is CC/C=C(/C=C(\OC)O[Si](C)(C)C)O[Si](C)(C)C. The number of allylic oxidation sites excluding steroid dienone is 2. The zero-order valence-corrected chi connectivity index (χ0v) is 15.1. The predicted octanol–water partition coefficient (Wildman–Crippen LogP) is 4.47. The molecule has 0 saturated heterocycles. The third-order valence-electron chi connectivity index (χ3n) is 1.70. The lowest BCUT2D eigenvalue weighted by molar-refractivity contribution is 0.145. The van der Waals surface area contributed by atoms with Gasteiger partial charge in [-0.25, -0.2) is 0 Å². The van der Waals surface area contributed by atoms with Crippen LogP contribution in [0, 0.1) is 0 Å². The monoisotopic (exact) mass is 288 g/mol. The summed E-state index contributed by atoms with van der Waals surface area (Å²) in [6.07, 6.45) is 4.85. The van der Waals surface area contributed by atoms with Gasteiger partial charge < -0.3 is 13.6 Å². The molecular weight excluding hydrogens is 260 g/mol. The van der Waals surface area contributed by atoms with Crippen molar-refractivity contribution in [2.24, 2.45) is 0 Å². The molecule has 0 atom stereocenters. The Kier molecular flexibility index (Phi) is 6.77. The van der Waals surface area contributed by atoms with Crippen molar-refractivity contribution in [1.82, 2.24) is 0 Å². The molecule has 0 heterocycles. The highest BCUT2D eigenvalue weighted by Crippen LogP contribution is 2.17. The first-order valence-electron chi connectivity index (χ1n) is 6.41. The highest BCUT2D eigenvalue weighted by atomic mass is 28.4. The summed E-state index contributed by atoms with van der Waals surface area (Å²) in [6, 6.07) is 0. The third kappa shape index (κ3) is 9.35.